The third-order valence-electron chi connectivity index (χ3n) is 6.66. The van der Waals surface area contributed by atoms with Gasteiger partial charge < -0.3 is 29.5 Å². The molecule has 0 aromatic rings. The van der Waals surface area contributed by atoms with Gasteiger partial charge in [-0.1, -0.05) is 81.6 Å². The average Bonchev–Trinajstić information content (AvgIpc) is 3.43. The summed E-state index contributed by atoms with van der Waals surface area (Å²) in [6, 6.07) is 0. The van der Waals surface area contributed by atoms with Gasteiger partial charge in [-0.2, -0.15) is 0 Å². The van der Waals surface area contributed by atoms with Crippen LogP contribution in [0.4, 0.5) is 0 Å². The van der Waals surface area contributed by atoms with Crippen LogP contribution < -0.4 is 5.32 Å². The zero-order valence-corrected chi connectivity index (χ0v) is 29.8. The Hall–Kier alpha value is -0.240. The van der Waals surface area contributed by atoms with Gasteiger partial charge in [-0.05, 0) is 94.8 Å². The number of nitrogens with zero attached hydrogens (tertiary/aromatic N) is 1. The minimum absolute atomic E-state index is 0.252. The van der Waals surface area contributed by atoms with Crippen molar-refractivity contribution in [2.24, 2.45) is 23.7 Å². The van der Waals surface area contributed by atoms with Gasteiger partial charge in [0.15, 0.2) is 0 Å². The zero-order valence-electron chi connectivity index (χ0n) is 29.8. The van der Waals surface area contributed by atoms with Gasteiger partial charge in [0.2, 0.25) is 0 Å². The molecule has 1 fully saturated rings. The molecule has 1 rings (SSSR count). The fourth-order valence-electron chi connectivity index (χ4n) is 3.96. The first-order valence-corrected chi connectivity index (χ1v) is 17.3. The maximum Gasteiger partial charge on any atom is 0.0701 e. The number of hydrogen-bond donors (Lipinski definition) is 2. The van der Waals surface area contributed by atoms with E-state index in [0.29, 0.717) is 26.4 Å². The van der Waals surface area contributed by atoms with E-state index in [1.165, 1.54) is 77.4 Å². The summed E-state index contributed by atoms with van der Waals surface area (Å²) in [6.45, 7) is 29.8. The highest BCUT2D eigenvalue weighted by molar-refractivity contribution is 4.65. The molecule has 6 nitrogen and oxygen atoms in total. The predicted octanol–water partition coefficient (Wildman–Crippen LogP) is 8.07. The first-order valence-electron chi connectivity index (χ1n) is 17.3. The number of aliphatic hydroxyl groups is 1. The number of likely N-dealkylation sites (tertiary alicyclic amines) is 1. The number of aliphatic hydroxyl groups excluding tert-OH is 1. The quantitative estimate of drug-likeness (QED) is 0.124. The molecule has 0 aromatic heterocycles. The first-order chi connectivity index (χ1) is 19.6. The van der Waals surface area contributed by atoms with Gasteiger partial charge in [0.1, 0.15) is 0 Å². The summed E-state index contributed by atoms with van der Waals surface area (Å²) in [6.07, 6.45) is 13.4. The molecule has 2 N–H and O–H groups in total. The predicted molar refractivity (Wildman–Crippen MR) is 181 cm³/mol. The molecule has 0 spiro atoms. The summed E-state index contributed by atoms with van der Waals surface area (Å²) in [7, 11) is 1.67. The largest absolute Gasteiger partial charge is 0.395 e. The molecule has 41 heavy (non-hydrogen) atoms. The van der Waals surface area contributed by atoms with E-state index in [9.17, 15) is 0 Å². The van der Waals surface area contributed by atoms with Crippen LogP contribution in [0.25, 0.3) is 0 Å². The standard InChI is InChI=1S/C10H21N.C10H22O3.C8H19NO.C7H16/c1-10(2)6-5-9-11-7-3-4-8-11;1-10(2)4-5-12-8-9-13-7-6-11-3;1-8(2)4-3-5-9-6-7-10;1-4-5-6-7(2)3/h10H,3-9H2,1-2H3;10H,4-9H2,1-3H3;8-10H,3-7H2,1-2H3;7H,4-6H2,1-3H3. The van der Waals surface area contributed by atoms with Crippen LogP contribution in [0.15, 0.2) is 0 Å². The normalized spacial score (nSPS) is 13.2. The second kappa shape index (κ2) is 37.8. The maximum absolute atomic E-state index is 8.41. The van der Waals surface area contributed by atoms with Gasteiger partial charge in [-0.25, -0.2) is 0 Å². The summed E-state index contributed by atoms with van der Waals surface area (Å²) >= 11 is 0. The molecule has 0 radical (unpaired) electrons. The van der Waals surface area contributed by atoms with Crippen LogP contribution in [0.1, 0.15) is 127 Å². The van der Waals surface area contributed by atoms with Crippen LogP contribution in [0.3, 0.4) is 0 Å². The fraction of sp³-hybridized carbons (Fsp3) is 1.00. The van der Waals surface area contributed by atoms with Crippen molar-refractivity contribution in [2.45, 2.75) is 127 Å². The smallest absolute Gasteiger partial charge is 0.0701 e. The molecule has 1 heterocycles. The monoisotopic (exact) mass is 591 g/mol. The summed E-state index contributed by atoms with van der Waals surface area (Å²) < 4.78 is 15.4. The minimum atomic E-state index is 0.252. The third-order valence-corrected chi connectivity index (χ3v) is 6.66. The maximum atomic E-state index is 8.41. The van der Waals surface area contributed by atoms with Crippen molar-refractivity contribution in [3.8, 4) is 0 Å². The summed E-state index contributed by atoms with van der Waals surface area (Å²) in [5, 5.41) is 11.6. The third kappa shape index (κ3) is 49.7. The van der Waals surface area contributed by atoms with Gasteiger partial charge >= 0.3 is 0 Å². The van der Waals surface area contributed by atoms with Gasteiger partial charge in [0, 0.05) is 20.3 Å². The Morgan fingerprint density at radius 2 is 1.12 bits per heavy atom. The van der Waals surface area contributed by atoms with E-state index >= 15 is 0 Å². The van der Waals surface area contributed by atoms with E-state index in [0.717, 1.165) is 49.8 Å². The van der Waals surface area contributed by atoms with Crippen molar-refractivity contribution in [1.82, 2.24) is 10.2 Å². The fourth-order valence-corrected chi connectivity index (χ4v) is 3.96. The molecule has 0 unspecified atom stereocenters. The van der Waals surface area contributed by atoms with E-state index in [1.807, 2.05) is 0 Å². The number of methoxy groups -OCH3 is 1. The molecule has 0 aliphatic carbocycles. The van der Waals surface area contributed by atoms with Crippen molar-refractivity contribution < 1.29 is 19.3 Å². The molecule has 1 saturated heterocycles. The van der Waals surface area contributed by atoms with E-state index in [4.69, 9.17) is 19.3 Å². The second-order valence-corrected chi connectivity index (χ2v) is 13.0. The van der Waals surface area contributed by atoms with Crippen LogP contribution in [0.2, 0.25) is 0 Å². The lowest BCUT2D eigenvalue weighted by atomic mass is 10.1. The SMILES string of the molecule is CC(C)CCCN1CCCC1.CC(C)CCCNCCO.CCCCC(C)C.COCCOCCOCCC(C)C. The number of rotatable bonds is 22. The molecule has 1 aliphatic heterocycles. The molecule has 0 amide bonds. The Kier molecular flexibility index (Phi) is 41.6. The molecule has 6 heteroatoms. The Balaban J connectivity index is -0.000000480. The van der Waals surface area contributed by atoms with Gasteiger partial charge in [-0.15, -0.1) is 0 Å². The van der Waals surface area contributed by atoms with Crippen LogP contribution in [-0.2, 0) is 14.2 Å². The van der Waals surface area contributed by atoms with E-state index < -0.39 is 0 Å². The van der Waals surface area contributed by atoms with Crippen LogP contribution >= 0.6 is 0 Å². The number of unbranched alkanes of at least 4 members (excludes halogenated alkanes) is 1. The van der Waals surface area contributed by atoms with Gasteiger partial charge in [0.25, 0.3) is 0 Å². The van der Waals surface area contributed by atoms with Crippen LogP contribution in [-0.4, -0.2) is 89.5 Å². The van der Waals surface area contributed by atoms with E-state index in [1.54, 1.807) is 7.11 Å². The van der Waals surface area contributed by atoms with E-state index in [-0.39, 0.29) is 6.61 Å². The first kappa shape index (κ1) is 45.2. The summed E-state index contributed by atoms with van der Waals surface area (Å²) in [4.78, 5) is 2.60. The van der Waals surface area contributed by atoms with E-state index in [2.05, 4.69) is 72.5 Å². The summed E-state index contributed by atoms with van der Waals surface area (Å²) in [5.41, 5.74) is 0. The number of ether oxygens (including phenoxy) is 3. The molecule has 252 valence electrons. The molecular formula is C35H78N2O4. The highest BCUT2D eigenvalue weighted by atomic mass is 16.5. The minimum Gasteiger partial charge on any atom is -0.395 e. The number of nitrogens with one attached hydrogen (secondary N) is 1. The highest BCUT2D eigenvalue weighted by Crippen LogP contribution is 2.10. The van der Waals surface area contributed by atoms with Crippen molar-refractivity contribution in [3.05, 3.63) is 0 Å². The highest BCUT2D eigenvalue weighted by Gasteiger charge is 2.10. The molecule has 0 aromatic carbocycles. The molecule has 0 atom stereocenters. The second-order valence-electron chi connectivity index (χ2n) is 13.0. The lowest BCUT2D eigenvalue weighted by Gasteiger charge is -2.14. The topological polar surface area (TPSA) is 63.2 Å². The van der Waals surface area contributed by atoms with Crippen molar-refractivity contribution in [3.63, 3.8) is 0 Å². The van der Waals surface area contributed by atoms with Crippen LogP contribution in [0.5, 0.6) is 0 Å². The lowest BCUT2D eigenvalue weighted by Crippen LogP contribution is -2.20. The molecule has 0 bridgehead atoms. The van der Waals surface area contributed by atoms with Crippen LogP contribution in [0, 0.1) is 23.7 Å². The van der Waals surface area contributed by atoms with Crippen molar-refractivity contribution >= 4 is 0 Å². The van der Waals surface area contributed by atoms with Crippen molar-refractivity contribution in [1.29, 1.82) is 0 Å². The Bertz CT molecular complexity index is 442. The zero-order chi connectivity index (χ0) is 31.6. The Morgan fingerprint density at radius 1 is 0.634 bits per heavy atom. The Labute approximate surface area is 259 Å². The average molecular weight is 591 g/mol. The molecular weight excluding hydrogens is 512 g/mol. The lowest BCUT2D eigenvalue weighted by molar-refractivity contribution is 0.0226. The number of hydrogen-bond acceptors (Lipinski definition) is 6. The molecule has 1 aliphatic rings. The summed E-state index contributed by atoms with van der Waals surface area (Å²) in [5.74, 6) is 3.31. The Morgan fingerprint density at radius 3 is 1.59 bits per heavy atom. The van der Waals surface area contributed by atoms with Crippen molar-refractivity contribution in [2.75, 3.05) is 79.5 Å². The van der Waals surface area contributed by atoms with Gasteiger partial charge in [0.05, 0.1) is 33.0 Å². The molecule has 0 saturated carbocycles. The van der Waals surface area contributed by atoms with Gasteiger partial charge in [-0.3, -0.25) is 0 Å².